The zero-order valence-corrected chi connectivity index (χ0v) is 21.9. The predicted molar refractivity (Wildman–Crippen MR) is 169 cm³/mol. The average Bonchev–Trinajstić information content (AvgIpc) is 3.00. The zero-order valence-electron chi connectivity index (χ0n) is 21.9. The summed E-state index contributed by atoms with van der Waals surface area (Å²) < 4.78 is 0. The van der Waals surface area contributed by atoms with Gasteiger partial charge in [-0.05, 0) is 73.6 Å². The van der Waals surface area contributed by atoms with Gasteiger partial charge in [0, 0.05) is 10.9 Å². The first kappa shape index (κ1) is 23.1. The number of pyridine rings is 1. The molecule has 0 saturated heterocycles. The van der Waals surface area contributed by atoms with Gasteiger partial charge in [-0.25, -0.2) is 4.98 Å². The van der Waals surface area contributed by atoms with Gasteiger partial charge >= 0.3 is 0 Å². The lowest BCUT2D eigenvalue weighted by Crippen LogP contribution is -1.92. The fraction of sp³-hybridized carbons (Fsp3) is 0.0263. The highest BCUT2D eigenvalue weighted by molar-refractivity contribution is 6.17. The van der Waals surface area contributed by atoms with Crippen molar-refractivity contribution in [2.45, 2.75) is 6.92 Å². The van der Waals surface area contributed by atoms with Crippen LogP contribution in [0.1, 0.15) is 11.1 Å². The van der Waals surface area contributed by atoms with Crippen LogP contribution >= 0.6 is 0 Å². The minimum Gasteiger partial charge on any atom is -0.247 e. The van der Waals surface area contributed by atoms with Crippen molar-refractivity contribution in [1.29, 1.82) is 0 Å². The molecule has 0 aliphatic heterocycles. The van der Waals surface area contributed by atoms with Gasteiger partial charge in [-0.15, -0.1) is 0 Å². The summed E-state index contributed by atoms with van der Waals surface area (Å²) in [6, 6.07) is 41.6. The van der Waals surface area contributed by atoms with E-state index >= 15 is 0 Å². The summed E-state index contributed by atoms with van der Waals surface area (Å²) in [4.78, 5) is 5.20. The number of aromatic nitrogens is 1. The van der Waals surface area contributed by atoms with E-state index in [1.54, 1.807) is 6.08 Å². The molecule has 0 saturated carbocycles. The Kier molecular flexibility index (Phi) is 5.56. The van der Waals surface area contributed by atoms with E-state index < -0.39 is 0 Å². The van der Waals surface area contributed by atoms with Crippen LogP contribution in [-0.2, 0) is 0 Å². The van der Waals surface area contributed by atoms with E-state index in [-0.39, 0.29) is 0 Å². The second-order valence-electron chi connectivity index (χ2n) is 10.0. The van der Waals surface area contributed by atoms with E-state index in [0.29, 0.717) is 0 Å². The van der Waals surface area contributed by atoms with E-state index in [1.165, 1.54) is 49.0 Å². The topological polar surface area (TPSA) is 12.9 Å². The van der Waals surface area contributed by atoms with Crippen LogP contribution < -0.4 is 0 Å². The quantitative estimate of drug-likeness (QED) is 0.174. The first-order chi connectivity index (χ1) is 19.2. The molecule has 7 aromatic rings. The number of nitrogens with zero attached hydrogens (tertiary/aromatic N) is 1. The number of rotatable bonds is 4. The Morgan fingerprint density at radius 1 is 0.564 bits per heavy atom. The largest absolute Gasteiger partial charge is 0.247 e. The molecule has 0 aliphatic carbocycles. The Labute approximate surface area is 228 Å². The van der Waals surface area contributed by atoms with E-state index in [4.69, 9.17) is 4.98 Å². The molecule has 0 fully saturated rings. The van der Waals surface area contributed by atoms with Gasteiger partial charge in [-0.2, -0.15) is 0 Å². The monoisotopic (exact) mass is 497 g/mol. The van der Waals surface area contributed by atoms with Gasteiger partial charge in [0.1, 0.15) is 0 Å². The van der Waals surface area contributed by atoms with Crippen LogP contribution in [-0.4, -0.2) is 4.98 Å². The minimum atomic E-state index is 0.988. The molecule has 184 valence electrons. The molecule has 6 aromatic carbocycles. The molecular weight excluding hydrogens is 470 g/mol. The third-order valence-electron chi connectivity index (χ3n) is 7.83. The number of hydrogen-bond donors (Lipinski definition) is 0. The van der Waals surface area contributed by atoms with Crippen LogP contribution in [0.25, 0.3) is 71.7 Å². The molecule has 0 N–H and O–H groups in total. The third-order valence-corrected chi connectivity index (χ3v) is 7.83. The summed E-state index contributed by atoms with van der Waals surface area (Å²) in [5.74, 6) is 0. The van der Waals surface area contributed by atoms with Crippen LogP contribution in [0.3, 0.4) is 0 Å². The Morgan fingerprint density at radius 2 is 1.18 bits per heavy atom. The molecule has 1 nitrogen and oxygen atoms in total. The minimum absolute atomic E-state index is 0.988. The molecule has 0 amide bonds. The molecule has 0 radical (unpaired) electrons. The molecule has 1 aromatic heterocycles. The Bertz CT molecular complexity index is 2100. The number of aryl methyl sites for hydroxylation is 1. The van der Waals surface area contributed by atoms with Crippen LogP contribution in [0, 0.1) is 6.92 Å². The maximum Gasteiger partial charge on any atom is 0.0744 e. The second kappa shape index (κ2) is 9.38. The van der Waals surface area contributed by atoms with Crippen LogP contribution in [0.15, 0.2) is 134 Å². The fourth-order valence-electron chi connectivity index (χ4n) is 5.88. The van der Waals surface area contributed by atoms with Crippen LogP contribution in [0.5, 0.6) is 0 Å². The first-order valence-electron chi connectivity index (χ1n) is 13.4. The average molecular weight is 498 g/mol. The molecule has 1 heterocycles. The van der Waals surface area contributed by atoms with Gasteiger partial charge in [-0.1, -0.05) is 128 Å². The maximum absolute atomic E-state index is 5.20. The van der Waals surface area contributed by atoms with Crippen molar-refractivity contribution >= 4 is 49.3 Å². The molecule has 1 heteroatoms. The summed E-state index contributed by atoms with van der Waals surface area (Å²) in [6.45, 7) is 5.96. The lowest BCUT2D eigenvalue weighted by molar-refractivity contribution is 1.36. The van der Waals surface area contributed by atoms with Crippen molar-refractivity contribution < 1.29 is 0 Å². The Hall–Kier alpha value is -5.01. The SMILES string of the molecule is C=C/C=C\c1ccc2ccc(-c3ccc(-c4cc5ccccc5c5ccccc45)c4ccccc34)nc2c1C. The maximum atomic E-state index is 5.20. The second-order valence-corrected chi connectivity index (χ2v) is 10.0. The lowest BCUT2D eigenvalue weighted by atomic mass is 9.89. The molecule has 0 spiro atoms. The summed E-state index contributed by atoms with van der Waals surface area (Å²) in [5.41, 5.74) is 8.01. The van der Waals surface area contributed by atoms with Crippen molar-refractivity contribution in [2.24, 2.45) is 0 Å². The van der Waals surface area contributed by atoms with Crippen molar-refractivity contribution in [2.75, 3.05) is 0 Å². The van der Waals surface area contributed by atoms with E-state index in [1.807, 2.05) is 6.08 Å². The van der Waals surface area contributed by atoms with Gasteiger partial charge < -0.3 is 0 Å². The number of fused-ring (bicyclic) bond motifs is 5. The summed E-state index contributed by atoms with van der Waals surface area (Å²) >= 11 is 0. The van der Waals surface area contributed by atoms with Crippen molar-refractivity contribution in [1.82, 2.24) is 4.98 Å². The number of allylic oxidation sites excluding steroid dienone is 2. The number of benzene rings is 6. The Morgan fingerprint density at radius 3 is 1.95 bits per heavy atom. The highest BCUT2D eigenvalue weighted by Gasteiger charge is 2.15. The summed E-state index contributed by atoms with van der Waals surface area (Å²) in [6.07, 6.45) is 5.87. The van der Waals surface area contributed by atoms with Crippen LogP contribution in [0.2, 0.25) is 0 Å². The standard InChI is InChI=1S/C38H27N/c1-3-4-11-26-18-19-27-20-23-37(39-38(27)25(26)2)35-22-21-34(31-15-8-9-16-32(31)35)36-24-28-12-5-6-13-29(28)30-14-7-10-17-33(30)36/h3-24H,1H2,2H3/b11-4-. The van der Waals surface area contributed by atoms with Crippen molar-refractivity contribution in [3.8, 4) is 22.4 Å². The van der Waals surface area contributed by atoms with Gasteiger partial charge in [0.25, 0.3) is 0 Å². The highest BCUT2D eigenvalue weighted by Crippen LogP contribution is 2.40. The molecule has 0 aliphatic rings. The van der Waals surface area contributed by atoms with Crippen molar-refractivity contribution in [3.05, 3.63) is 145 Å². The van der Waals surface area contributed by atoms with E-state index in [2.05, 4.69) is 135 Å². The normalized spacial score (nSPS) is 11.7. The molecule has 7 rings (SSSR count). The highest BCUT2D eigenvalue weighted by atomic mass is 14.7. The molecule has 39 heavy (non-hydrogen) atoms. The van der Waals surface area contributed by atoms with Gasteiger partial charge in [-0.3, -0.25) is 0 Å². The number of hydrogen-bond acceptors (Lipinski definition) is 1. The zero-order chi connectivity index (χ0) is 26.3. The lowest BCUT2D eigenvalue weighted by Gasteiger charge is -2.16. The van der Waals surface area contributed by atoms with Gasteiger partial charge in [0.15, 0.2) is 0 Å². The molecule has 0 bridgehead atoms. The third kappa shape index (κ3) is 3.83. The first-order valence-corrected chi connectivity index (χ1v) is 13.4. The van der Waals surface area contributed by atoms with E-state index in [9.17, 15) is 0 Å². The van der Waals surface area contributed by atoms with Crippen molar-refractivity contribution in [3.63, 3.8) is 0 Å². The van der Waals surface area contributed by atoms with E-state index in [0.717, 1.165) is 27.7 Å². The smallest absolute Gasteiger partial charge is 0.0744 e. The summed E-state index contributed by atoms with van der Waals surface area (Å²) in [5, 5.41) is 8.69. The Balaban J connectivity index is 1.47. The molecular formula is C38H27N. The molecule has 0 atom stereocenters. The molecule has 0 unspecified atom stereocenters. The van der Waals surface area contributed by atoms with Crippen LogP contribution in [0.4, 0.5) is 0 Å². The fourth-order valence-corrected chi connectivity index (χ4v) is 5.88. The van der Waals surface area contributed by atoms with Gasteiger partial charge in [0.2, 0.25) is 0 Å². The predicted octanol–water partition coefficient (Wildman–Crippen LogP) is 10.5. The van der Waals surface area contributed by atoms with Gasteiger partial charge in [0.05, 0.1) is 11.2 Å². The summed E-state index contributed by atoms with van der Waals surface area (Å²) in [7, 11) is 0.